The van der Waals surface area contributed by atoms with Crippen LogP contribution in [0.1, 0.15) is 37.7 Å². The molecule has 5 fully saturated rings. The first-order valence-corrected chi connectivity index (χ1v) is 13.2. The molecule has 8 rings (SSSR count). The third kappa shape index (κ3) is 3.46. The highest BCUT2D eigenvalue weighted by Crippen LogP contribution is 2.61. The van der Waals surface area contributed by atoms with Crippen molar-refractivity contribution in [3.8, 4) is 0 Å². The Morgan fingerprint density at radius 3 is 2.71 bits per heavy atom. The van der Waals surface area contributed by atoms with Crippen molar-refractivity contribution >= 4 is 28.8 Å². The molecule has 2 unspecified atom stereocenters. The Hall–Kier alpha value is -2.64. The molecule has 1 N–H and O–H groups in total. The molecule has 3 heterocycles. The topological polar surface area (TPSA) is 66.9 Å². The van der Waals surface area contributed by atoms with Gasteiger partial charge in [0.25, 0.3) is 0 Å². The quantitative estimate of drug-likeness (QED) is 0.714. The van der Waals surface area contributed by atoms with Crippen LogP contribution in [0.3, 0.4) is 0 Å². The van der Waals surface area contributed by atoms with Gasteiger partial charge in [0.1, 0.15) is 5.82 Å². The van der Waals surface area contributed by atoms with E-state index in [0.29, 0.717) is 36.3 Å². The maximum Gasteiger partial charge on any atom is 0.233 e. The smallest absolute Gasteiger partial charge is 0.233 e. The largest absolute Gasteiger partial charge is 0.381 e. The van der Waals surface area contributed by atoms with E-state index in [1.807, 2.05) is 19.4 Å². The minimum absolute atomic E-state index is 0.273. The molecule has 1 aromatic heterocycles. The Morgan fingerprint density at radius 1 is 1.14 bits per heavy atom. The summed E-state index contributed by atoms with van der Waals surface area (Å²) in [5.74, 6) is 2.81. The zero-order valence-electron chi connectivity index (χ0n) is 20.4. The maximum atomic E-state index is 14.7. The normalized spacial score (nSPS) is 33.1. The standard InChI is InChI=1S/C28H34N4O3/c1-34-25-20-11-18-12-21(25)16-28(14-18,15-20)27(33)32-17-19-3-2-6-29-26(19)30-23-5-4-22(13-24(23)32)31-7-9-35-10-8-31/h2-6,13,18,20-21,25H,7-12,14-17H2,1H3,(H,29,30). The van der Waals surface area contributed by atoms with Crippen LogP contribution in [0.4, 0.5) is 22.9 Å². The summed E-state index contributed by atoms with van der Waals surface area (Å²) in [7, 11) is 1.86. The van der Waals surface area contributed by atoms with Gasteiger partial charge in [-0.2, -0.15) is 0 Å². The molecule has 7 nitrogen and oxygen atoms in total. The number of nitrogens with zero attached hydrogens (tertiary/aromatic N) is 3. The minimum atomic E-state index is -0.273. The van der Waals surface area contributed by atoms with Gasteiger partial charge in [-0.1, -0.05) is 6.07 Å². The van der Waals surface area contributed by atoms with Gasteiger partial charge in [0.2, 0.25) is 5.91 Å². The summed E-state index contributed by atoms with van der Waals surface area (Å²) in [5.41, 5.74) is 3.85. The molecular weight excluding hydrogens is 440 g/mol. The van der Waals surface area contributed by atoms with Crippen molar-refractivity contribution < 1.29 is 14.3 Å². The van der Waals surface area contributed by atoms with Gasteiger partial charge in [-0.3, -0.25) is 4.79 Å². The second-order valence-corrected chi connectivity index (χ2v) is 11.3. The molecule has 2 aliphatic heterocycles. The van der Waals surface area contributed by atoms with Crippen molar-refractivity contribution in [2.75, 3.05) is 48.5 Å². The molecule has 6 aliphatic rings. The molecule has 2 atom stereocenters. The van der Waals surface area contributed by atoms with Crippen molar-refractivity contribution in [2.45, 2.75) is 44.8 Å². The van der Waals surface area contributed by atoms with Crippen molar-refractivity contribution in [2.24, 2.45) is 23.2 Å². The number of ether oxygens (including phenoxy) is 2. The number of morpholine rings is 1. The Labute approximate surface area is 206 Å². The second-order valence-electron chi connectivity index (χ2n) is 11.3. The van der Waals surface area contributed by atoms with Crippen molar-refractivity contribution in [3.63, 3.8) is 0 Å². The number of anilines is 4. The Balaban J connectivity index is 1.29. The van der Waals surface area contributed by atoms with Crippen LogP contribution in [-0.2, 0) is 20.8 Å². The number of amides is 1. The number of carbonyl (C=O) groups excluding carboxylic acids is 1. The summed E-state index contributed by atoms with van der Waals surface area (Å²) in [4.78, 5) is 23.7. The van der Waals surface area contributed by atoms with E-state index < -0.39 is 0 Å². The van der Waals surface area contributed by atoms with E-state index in [4.69, 9.17) is 9.47 Å². The van der Waals surface area contributed by atoms with E-state index in [0.717, 1.165) is 74.0 Å². The Bertz CT molecular complexity index is 1130. The van der Waals surface area contributed by atoms with E-state index >= 15 is 0 Å². The summed E-state index contributed by atoms with van der Waals surface area (Å²) in [5, 5.41) is 3.54. The highest BCUT2D eigenvalue weighted by molar-refractivity contribution is 6.02. The number of carbonyl (C=O) groups is 1. The lowest BCUT2D eigenvalue weighted by atomic mass is 9.48. The summed E-state index contributed by atoms with van der Waals surface area (Å²) >= 11 is 0. The molecule has 4 bridgehead atoms. The summed E-state index contributed by atoms with van der Waals surface area (Å²) in [6.45, 7) is 3.76. The number of hydrogen-bond donors (Lipinski definition) is 1. The average Bonchev–Trinajstić information content (AvgIpc) is 3.04. The van der Waals surface area contributed by atoms with Crippen LogP contribution in [-0.4, -0.2) is 50.4 Å². The number of nitrogens with one attached hydrogen (secondary N) is 1. The lowest BCUT2D eigenvalue weighted by Gasteiger charge is -2.59. The van der Waals surface area contributed by atoms with Gasteiger partial charge in [0.05, 0.1) is 42.7 Å². The molecule has 4 saturated carbocycles. The molecule has 35 heavy (non-hydrogen) atoms. The van der Waals surface area contributed by atoms with E-state index in [-0.39, 0.29) is 5.41 Å². The van der Waals surface area contributed by atoms with E-state index in [1.54, 1.807) is 0 Å². The molecular formula is C28H34N4O3. The molecule has 184 valence electrons. The monoisotopic (exact) mass is 474 g/mol. The van der Waals surface area contributed by atoms with E-state index in [9.17, 15) is 4.79 Å². The highest BCUT2D eigenvalue weighted by Gasteiger charge is 2.59. The fraction of sp³-hybridized carbons (Fsp3) is 0.571. The number of fused-ring (bicyclic) bond motifs is 2. The fourth-order valence-corrected chi connectivity index (χ4v) is 8.02. The Morgan fingerprint density at radius 2 is 1.94 bits per heavy atom. The van der Waals surface area contributed by atoms with Gasteiger partial charge in [-0.15, -0.1) is 0 Å². The average molecular weight is 475 g/mol. The van der Waals surface area contributed by atoms with Crippen LogP contribution in [0, 0.1) is 23.2 Å². The number of benzene rings is 1. The first-order chi connectivity index (χ1) is 17.1. The minimum Gasteiger partial charge on any atom is -0.381 e. The zero-order chi connectivity index (χ0) is 23.6. The second kappa shape index (κ2) is 8.20. The van der Waals surface area contributed by atoms with Crippen molar-refractivity contribution in [1.82, 2.24) is 4.98 Å². The van der Waals surface area contributed by atoms with Crippen LogP contribution < -0.4 is 15.1 Å². The molecule has 0 spiro atoms. The zero-order valence-corrected chi connectivity index (χ0v) is 20.4. The number of rotatable bonds is 3. The number of aromatic nitrogens is 1. The molecule has 0 radical (unpaired) electrons. The maximum absolute atomic E-state index is 14.7. The van der Waals surface area contributed by atoms with Crippen LogP contribution in [0.5, 0.6) is 0 Å². The van der Waals surface area contributed by atoms with Crippen LogP contribution in [0.15, 0.2) is 36.5 Å². The number of hydrogen-bond acceptors (Lipinski definition) is 6. The van der Waals surface area contributed by atoms with Gasteiger partial charge in [-0.25, -0.2) is 4.98 Å². The van der Waals surface area contributed by atoms with Gasteiger partial charge >= 0.3 is 0 Å². The molecule has 1 amide bonds. The van der Waals surface area contributed by atoms with Crippen LogP contribution in [0.25, 0.3) is 0 Å². The van der Waals surface area contributed by atoms with Crippen molar-refractivity contribution in [3.05, 3.63) is 42.1 Å². The predicted molar refractivity (Wildman–Crippen MR) is 135 cm³/mol. The van der Waals surface area contributed by atoms with E-state index in [2.05, 4.69) is 44.4 Å². The molecule has 7 heteroatoms. The van der Waals surface area contributed by atoms with Crippen molar-refractivity contribution in [1.29, 1.82) is 0 Å². The van der Waals surface area contributed by atoms with Crippen LogP contribution in [0.2, 0.25) is 0 Å². The van der Waals surface area contributed by atoms with Gasteiger partial charge in [0.15, 0.2) is 0 Å². The fourth-order valence-electron chi connectivity index (χ4n) is 8.02. The van der Waals surface area contributed by atoms with Crippen LogP contribution >= 0.6 is 0 Å². The predicted octanol–water partition coefficient (Wildman–Crippen LogP) is 4.35. The van der Waals surface area contributed by atoms with Gasteiger partial charge < -0.3 is 24.6 Å². The lowest BCUT2D eigenvalue weighted by molar-refractivity contribution is -0.166. The number of pyridine rings is 1. The summed E-state index contributed by atoms with van der Waals surface area (Å²) in [6, 6.07) is 10.5. The molecule has 1 saturated heterocycles. The summed E-state index contributed by atoms with van der Waals surface area (Å²) in [6.07, 6.45) is 7.52. The Kier molecular flexibility index (Phi) is 5.07. The number of methoxy groups -OCH3 is 1. The SMILES string of the molecule is COC1C2CC3CC1CC(C(=O)N1Cc4cccnc4Nc4ccc(N5CCOCC5)cc41)(C3)C2. The van der Waals surface area contributed by atoms with Gasteiger partial charge in [-0.05, 0) is 74.1 Å². The van der Waals surface area contributed by atoms with Gasteiger partial charge in [0, 0.05) is 37.6 Å². The molecule has 2 aromatic rings. The lowest BCUT2D eigenvalue weighted by Crippen LogP contribution is -2.59. The third-order valence-corrected chi connectivity index (χ3v) is 9.28. The first-order valence-electron chi connectivity index (χ1n) is 13.2. The third-order valence-electron chi connectivity index (χ3n) is 9.28. The first kappa shape index (κ1) is 21.6. The molecule has 1 aromatic carbocycles. The highest BCUT2D eigenvalue weighted by atomic mass is 16.5. The summed E-state index contributed by atoms with van der Waals surface area (Å²) < 4.78 is 11.5. The molecule has 4 aliphatic carbocycles. The van der Waals surface area contributed by atoms with E-state index in [1.165, 1.54) is 12.8 Å².